The first-order chi connectivity index (χ1) is 14.0. The van der Waals surface area contributed by atoms with Gasteiger partial charge in [0.1, 0.15) is 5.75 Å². The number of urea groups is 1. The molecule has 0 saturated heterocycles. The van der Waals surface area contributed by atoms with Crippen molar-refractivity contribution in [2.24, 2.45) is 0 Å². The monoisotopic (exact) mass is 424 g/mol. The summed E-state index contributed by atoms with van der Waals surface area (Å²) in [4.78, 5) is 12.5. The van der Waals surface area contributed by atoms with Crippen LogP contribution in [0.3, 0.4) is 0 Å². The zero-order valence-corrected chi connectivity index (χ0v) is 18.8. The number of hydrogen-bond acceptors (Lipinski definition) is 4. The van der Waals surface area contributed by atoms with Crippen molar-refractivity contribution in [3.63, 3.8) is 0 Å². The van der Waals surface area contributed by atoms with Gasteiger partial charge in [0.25, 0.3) is 0 Å². The van der Waals surface area contributed by atoms with E-state index in [1.54, 1.807) is 38.1 Å². The molecule has 2 amide bonds. The first kappa shape index (κ1) is 21.9. The molecule has 3 N–H and O–H groups in total. The second kappa shape index (κ2) is 8.50. The summed E-state index contributed by atoms with van der Waals surface area (Å²) in [6.45, 7) is 9.86. The first-order valence-corrected chi connectivity index (χ1v) is 10.7. The highest BCUT2D eigenvalue weighted by Gasteiger charge is 2.20. The standard InChI is InChI=1S/C24H28N2O3S/c1-23(2,3)18-8-6-7-9-20(18)29-21-19(14-15-30-21)26-22(27)25-17-12-10-16(11-13-17)24(4,5)28/h6-15,28H,1-5H3,(H2,25,26,27). The van der Waals surface area contributed by atoms with Gasteiger partial charge in [0.2, 0.25) is 5.06 Å². The Hall–Kier alpha value is -2.83. The normalized spacial score (nSPS) is 11.8. The average Bonchev–Trinajstić information content (AvgIpc) is 3.07. The molecule has 1 heterocycles. The van der Waals surface area contributed by atoms with Gasteiger partial charge in [-0.25, -0.2) is 4.79 Å². The van der Waals surface area contributed by atoms with E-state index in [9.17, 15) is 9.90 Å². The third-order valence-corrected chi connectivity index (χ3v) is 5.41. The summed E-state index contributed by atoms with van der Waals surface area (Å²) in [6.07, 6.45) is 0. The fourth-order valence-electron chi connectivity index (χ4n) is 2.99. The first-order valence-electron chi connectivity index (χ1n) is 9.80. The van der Waals surface area contributed by atoms with Crippen molar-refractivity contribution in [1.82, 2.24) is 0 Å². The molecule has 6 heteroatoms. The second-order valence-electron chi connectivity index (χ2n) is 8.69. The van der Waals surface area contributed by atoms with Gasteiger partial charge < -0.3 is 20.5 Å². The van der Waals surface area contributed by atoms with Gasteiger partial charge in [-0.05, 0) is 54.5 Å². The maximum atomic E-state index is 12.5. The van der Waals surface area contributed by atoms with Crippen LogP contribution in [0.15, 0.2) is 60.0 Å². The molecule has 0 fully saturated rings. The number of thiophene rings is 1. The largest absolute Gasteiger partial charge is 0.444 e. The molecule has 30 heavy (non-hydrogen) atoms. The van der Waals surface area contributed by atoms with Crippen molar-refractivity contribution in [2.45, 2.75) is 45.6 Å². The zero-order valence-electron chi connectivity index (χ0n) is 17.9. The SMILES string of the molecule is CC(C)(C)c1ccccc1Oc1sccc1NC(=O)Nc1ccc(C(C)(C)O)cc1. The fourth-order valence-corrected chi connectivity index (χ4v) is 3.70. The quantitative estimate of drug-likeness (QED) is 0.426. The average molecular weight is 425 g/mol. The van der Waals surface area contributed by atoms with Crippen LogP contribution in [0, 0.1) is 0 Å². The highest BCUT2D eigenvalue weighted by Crippen LogP contribution is 2.39. The topological polar surface area (TPSA) is 70.6 Å². The molecule has 3 aromatic rings. The van der Waals surface area contributed by atoms with Crippen molar-refractivity contribution < 1.29 is 14.6 Å². The van der Waals surface area contributed by atoms with Gasteiger partial charge in [-0.3, -0.25) is 0 Å². The number of anilines is 2. The van der Waals surface area contributed by atoms with Gasteiger partial charge >= 0.3 is 6.03 Å². The summed E-state index contributed by atoms with van der Waals surface area (Å²) in [5.74, 6) is 0.776. The number of amides is 2. The summed E-state index contributed by atoms with van der Waals surface area (Å²) >= 11 is 1.42. The van der Waals surface area contributed by atoms with E-state index in [0.29, 0.717) is 16.4 Å². The predicted octanol–water partition coefficient (Wildman–Crippen LogP) is 6.71. The van der Waals surface area contributed by atoms with Gasteiger partial charge in [0, 0.05) is 11.3 Å². The number of carbonyl (C=O) groups is 1. The summed E-state index contributed by atoms with van der Waals surface area (Å²) in [5.41, 5.74) is 2.13. The summed E-state index contributed by atoms with van der Waals surface area (Å²) < 4.78 is 6.16. The molecule has 0 unspecified atom stereocenters. The zero-order chi connectivity index (χ0) is 21.9. The van der Waals surface area contributed by atoms with Crippen LogP contribution >= 0.6 is 11.3 Å². The molecule has 0 radical (unpaired) electrons. The minimum Gasteiger partial charge on any atom is -0.444 e. The third-order valence-electron chi connectivity index (χ3n) is 4.62. The molecule has 158 valence electrons. The molecule has 0 bridgehead atoms. The Morgan fingerprint density at radius 2 is 1.60 bits per heavy atom. The fraction of sp³-hybridized carbons (Fsp3) is 0.292. The van der Waals surface area contributed by atoms with Crippen molar-refractivity contribution >= 4 is 28.7 Å². The highest BCUT2D eigenvalue weighted by molar-refractivity contribution is 7.12. The maximum Gasteiger partial charge on any atom is 0.323 e. The van der Waals surface area contributed by atoms with Gasteiger partial charge in [0.05, 0.1) is 11.3 Å². The lowest BCUT2D eigenvalue weighted by atomic mass is 9.86. The van der Waals surface area contributed by atoms with Crippen molar-refractivity contribution in [2.75, 3.05) is 10.6 Å². The van der Waals surface area contributed by atoms with E-state index in [0.717, 1.165) is 16.9 Å². The lowest BCUT2D eigenvalue weighted by molar-refractivity contribution is 0.0786. The van der Waals surface area contributed by atoms with Gasteiger partial charge in [-0.2, -0.15) is 0 Å². The van der Waals surface area contributed by atoms with Crippen LogP contribution in [0.25, 0.3) is 0 Å². The van der Waals surface area contributed by atoms with E-state index in [1.165, 1.54) is 11.3 Å². The lowest BCUT2D eigenvalue weighted by Gasteiger charge is -2.22. The predicted molar refractivity (Wildman–Crippen MR) is 124 cm³/mol. The summed E-state index contributed by atoms with van der Waals surface area (Å²) in [7, 11) is 0. The minimum atomic E-state index is -0.924. The molecule has 2 aromatic carbocycles. The highest BCUT2D eigenvalue weighted by atomic mass is 32.1. The number of ether oxygens (including phenoxy) is 1. The molecule has 3 rings (SSSR count). The molecule has 0 aliphatic carbocycles. The van der Waals surface area contributed by atoms with Crippen LogP contribution in [0.2, 0.25) is 0 Å². The summed E-state index contributed by atoms with van der Waals surface area (Å²) in [6, 6.07) is 16.5. The van der Waals surface area contributed by atoms with E-state index in [2.05, 4.69) is 37.5 Å². The Morgan fingerprint density at radius 1 is 0.933 bits per heavy atom. The maximum absolute atomic E-state index is 12.5. The van der Waals surface area contributed by atoms with E-state index < -0.39 is 5.60 Å². The number of carbonyl (C=O) groups excluding carboxylic acids is 1. The van der Waals surface area contributed by atoms with Crippen LogP contribution in [0.4, 0.5) is 16.2 Å². The van der Waals surface area contributed by atoms with Gasteiger partial charge in [0.15, 0.2) is 0 Å². The van der Waals surface area contributed by atoms with E-state index >= 15 is 0 Å². The van der Waals surface area contributed by atoms with E-state index in [4.69, 9.17) is 4.74 Å². The molecule has 0 spiro atoms. The Morgan fingerprint density at radius 3 is 2.23 bits per heavy atom. The molecule has 0 aliphatic heterocycles. The number of benzene rings is 2. The third kappa shape index (κ3) is 5.40. The molecule has 0 atom stereocenters. The Labute approximate surface area is 181 Å². The Kier molecular flexibility index (Phi) is 6.19. The summed E-state index contributed by atoms with van der Waals surface area (Å²) in [5, 5.41) is 18.2. The Balaban J connectivity index is 1.70. The Bertz CT molecular complexity index is 1010. The van der Waals surface area contributed by atoms with Crippen LogP contribution in [-0.2, 0) is 11.0 Å². The number of para-hydroxylation sites is 1. The van der Waals surface area contributed by atoms with Crippen LogP contribution in [0.5, 0.6) is 10.8 Å². The molecule has 0 aliphatic rings. The van der Waals surface area contributed by atoms with E-state index in [-0.39, 0.29) is 11.4 Å². The van der Waals surface area contributed by atoms with Crippen molar-refractivity contribution in [3.8, 4) is 10.8 Å². The minimum absolute atomic E-state index is 0.0614. The van der Waals surface area contributed by atoms with Crippen LogP contribution in [-0.4, -0.2) is 11.1 Å². The van der Waals surface area contributed by atoms with Gasteiger partial charge in [-0.15, -0.1) is 11.3 Å². The molecular weight excluding hydrogens is 396 g/mol. The van der Waals surface area contributed by atoms with Crippen molar-refractivity contribution in [1.29, 1.82) is 0 Å². The molecule has 0 saturated carbocycles. The molecule has 5 nitrogen and oxygen atoms in total. The van der Waals surface area contributed by atoms with Crippen LogP contribution < -0.4 is 15.4 Å². The second-order valence-corrected chi connectivity index (χ2v) is 9.56. The number of hydrogen-bond donors (Lipinski definition) is 3. The molecule has 1 aromatic heterocycles. The van der Waals surface area contributed by atoms with Gasteiger partial charge in [-0.1, -0.05) is 51.1 Å². The number of aliphatic hydroxyl groups is 1. The van der Waals surface area contributed by atoms with Crippen molar-refractivity contribution in [3.05, 3.63) is 71.1 Å². The van der Waals surface area contributed by atoms with Crippen LogP contribution in [0.1, 0.15) is 45.7 Å². The number of nitrogens with one attached hydrogen (secondary N) is 2. The lowest BCUT2D eigenvalue weighted by Crippen LogP contribution is -2.20. The smallest absolute Gasteiger partial charge is 0.323 e. The molecular formula is C24H28N2O3S. The van der Waals surface area contributed by atoms with E-state index in [1.807, 2.05) is 29.6 Å². The number of rotatable bonds is 5.